The number of nitrogens with zero attached hydrogens (tertiary/aromatic N) is 1. The SMILES string of the molecule is CC(C)(C)[C@@H](NC(=O)C(F)(F)F)C(=O)N1C[C@H]2CCC[C@H]2[C@@H]1C(=O)N[C@H](/C=C(/F)S(C)(=O)=O)C[C@H]1CCNC1=O. The van der Waals surface area contributed by atoms with Crippen molar-refractivity contribution < 1.29 is 45.2 Å². The Morgan fingerprint density at radius 3 is 2.30 bits per heavy atom. The summed E-state index contributed by atoms with van der Waals surface area (Å²) >= 11 is 0. The van der Waals surface area contributed by atoms with Gasteiger partial charge < -0.3 is 20.9 Å². The molecule has 6 atom stereocenters. The van der Waals surface area contributed by atoms with Crippen LogP contribution in [0, 0.1) is 23.2 Å². The second-order valence-electron chi connectivity index (χ2n) is 11.9. The second-order valence-corrected chi connectivity index (χ2v) is 13.9. The molecule has 2 saturated heterocycles. The average Bonchev–Trinajstić information content (AvgIpc) is 3.50. The largest absolute Gasteiger partial charge is 0.471 e. The first-order valence-electron chi connectivity index (χ1n) is 13.1. The van der Waals surface area contributed by atoms with E-state index in [1.54, 1.807) is 5.32 Å². The van der Waals surface area contributed by atoms with Crippen molar-refractivity contribution in [1.29, 1.82) is 0 Å². The number of carbonyl (C=O) groups is 4. The van der Waals surface area contributed by atoms with Gasteiger partial charge in [0.25, 0.3) is 0 Å². The molecule has 3 N–H and O–H groups in total. The summed E-state index contributed by atoms with van der Waals surface area (Å²) < 4.78 is 77.1. The van der Waals surface area contributed by atoms with Crippen molar-refractivity contribution >= 4 is 33.5 Å². The number of halogens is 4. The van der Waals surface area contributed by atoms with E-state index in [-0.39, 0.29) is 30.7 Å². The van der Waals surface area contributed by atoms with Crippen LogP contribution in [0.25, 0.3) is 0 Å². The van der Waals surface area contributed by atoms with Crippen LogP contribution in [-0.4, -0.2) is 80.6 Å². The number of sulfone groups is 1. The molecule has 3 aliphatic rings. The highest BCUT2D eigenvalue weighted by Gasteiger charge is 2.53. The van der Waals surface area contributed by atoms with E-state index in [0.717, 1.165) is 6.42 Å². The quantitative estimate of drug-likeness (QED) is 0.364. The first-order chi connectivity index (χ1) is 18.3. The molecule has 0 aromatic rings. The van der Waals surface area contributed by atoms with E-state index in [4.69, 9.17) is 0 Å². The Morgan fingerprint density at radius 1 is 1.12 bits per heavy atom. The highest BCUT2D eigenvalue weighted by atomic mass is 32.2. The van der Waals surface area contributed by atoms with Gasteiger partial charge >= 0.3 is 12.1 Å². The van der Waals surface area contributed by atoms with E-state index in [1.807, 2.05) is 0 Å². The number of nitrogens with one attached hydrogen (secondary N) is 3. The van der Waals surface area contributed by atoms with Gasteiger partial charge in [-0.05, 0) is 49.0 Å². The smallest absolute Gasteiger partial charge is 0.356 e. The molecule has 0 bridgehead atoms. The Balaban J connectivity index is 1.91. The topological polar surface area (TPSA) is 142 Å². The molecule has 3 fully saturated rings. The number of rotatable bonds is 8. The van der Waals surface area contributed by atoms with Crippen LogP contribution in [0.1, 0.15) is 52.9 Å². The Labute approximate surface area is 230 Å². The van der Waals surface area contributed by atoms with Gasteiger partial charge in [0.15, 0.2) is 0 Å². The third-order valence-corrected chi connectivity index (χ3v) is 8.65. The summed E-state index contributed by atoms with van der Waals surface area (Å²) in [4.78, 5) is 52.4. The summed E-state index contributed by atoms with van der Waals surface area (Å²) in [5, 5.41) is 5.50. The summed E-state index contributed by atoms with van der Waals surface area (Å²) in [6.45, 7) is 4.91. The molecule has 10 nitrogen and oxygen atoms in total. The number of alkyl halides is 3. The minimum absolute atomic E-state index is 0.0826. The molecule has 226 valence electrons. The van der Waals surface area contributed by atoms with Crippen molar-refractivity contribution in [1.82, 2.24) is 20.9 Å². The fourth-order valence-electron chi connectivity index (χ4n) is 5.79. The van der Waals surface area contributed by atoms with Crippen LogP contribution < -0.4 is 16.0 Å². The zero-order valence-corrected chi connectivity index (χ0v) is 23.6. The first-order valence-corrected chi connectivity index (χ1v) is 15.0. The lowest BCUT2D eigenvalue weighted by atomic mass is 9.85. The average molecular weight is 597 g/mol. The Morgan fingerprint density at radius 2 is 1.77 bits per heavy atom. The molecule has 3 rings (SSSR count). The zero-order chi connectivity index (χ0) is 30.2. The summed E-state index contributed by atoms with van der Waals surface area (Å²) in [6, 6.07) is -3.95. The molecule has 2 aliphatic heterocycles. The van der Waals surface area contributed by atoms with Crippen LogP contribution in [0.4, 0.5) is 17.6 Å². The van der Waals surface area contributed by atoms with Crippen LogP contribution in [-0.2, 0) is 29.0 Å². The molecule has 4 amide bonds. The van der Waals surface area contributed by atoms with E-state index < -0.39 is 68.4 Å². The third kappa shape index (κ3) is 7.32. The highest BCUT2D eigenvalue weighted by molar-refractivity contribution is 7.94. The van der Waals surface area contributed by atoms with Gasteiger partial charge in [0.05, 0.1) is 6.04 Å². The molecule has 2 heterocycles. The minimum atomic E-state index is -5.22. The Kier molecular flexibility index (Phi) is 9.26. The third-order valence-electron chi connectivity index (χ3n) is 7.80. The van der Waals surface area contributed by atoms with Crippen molar-refractivity contribution in [2.45, 2.75) is 77.2 Å². The maximum Gasteiger partial charge on any atom is 0.471 e. The number of hydrogen-bond donors (Lipinski definition) is 3. The molecule has 0 aromatic carbocycles. The zero-order valence-electron chi connectivity index (χ0n) is 22.8. The number of carbonyl (C=O) groups excluding carboxylic acids is 4. The van der Waals surface area contributed by atoms with Crippen molar-refractivity contribution in [3.63, 3.8) is 0 Å². The first kappa shape index (κ1) is 31.8. The van der Waals surface area contributed by atoms with Crippen molar-refractivity contribution in [2.75, 3.05) is 19.3 Å². The molecular formula is C25H36F4N4O6S. The fraction of sp³-hybridized carbons (Fsp3) is 0.760. The predicted octanol–water partition coefficient (Wildman–Crippen LogP) is 1.57. The van der Waals surface area contributed by atoms with Gasteiger partial charge in [-0.15, -0.1) is 0 Å². The van der Waals surface area contributed by atoms with E-state index in [1.165, 1.54) is 25.7 Å². The lowest BCUT2D eigenvalue weighted by Gasteiger charge is -2.36. The molecule has 0 radical (unpaired) electrons. The van der Waals surface area contributed by atoms with Crippen LogP contribution in [0.3, 0.4) is 0 Å². The van der Waals surface area contributed by atoms with Crippen LogP contribution >= 0.6 is 0 Å². The van der Waals surface area contributed by atoms with Gasteiger partial charge in [-0.25, -0.2) is 8.42 Å². The molecule has 15 heteroatoms. The van der Waals surface area contributed by atoms with Crippen LogP contribution in [0.2, 0.25) is 0 Å². The molecule has 0 unspecified atom stereocenters. The number of likely N-dealkylation sites (tertiary alicyclic amines) is 1. The second kappa shape index (κ2) is 11.6. The van der Waals surface area contributed by atoms with E-state index in [9.17, 15) is 45.2 Å². The predicted molar refractivity (Wildman–Crippen MR) is 135 cm³/mol. The minimum Gasteiger partial charge on any atom is -0.356 e. The van der Waals surface area contributed by atoms with Gasteiger partial charge in [0.2, 0.25) is 32.7 Å². The normalized spacial score (nSPS) is 27.1. The molecule has 0 aromatic heterocycles. The summed E-state index contributed by atoms with van der Waals surface area (Å²) in [5.41, 5.74) is -1.14. The van der Waals surface area contributed by atoms with Crippen molar-refractivity contribution in [3.05, 3.63) is 11.2 Å². The number of fused-ring (bicyclic) bond motifs is 1. The van der Waals surface area contributed by atoms with Crippen LogP contribution in [0.5, 0.6) is 0 Å². The maximum absolute atomic E-state index is 14.5. The lowest BCUT2D eigenvalue weighted by molar-refractivity contribution is -0.176. The number of amides is 4. The van der Waals surface area contributed by atoms with E-state index in [2.05, 4.69) is 10.6 Å². The fourth-order valence-corrected chi connectivity index (χ4v) is 6.20. The molecule has 0 spiro atoms. The summed E-state index contributed by atoms with van der Waals surface area (Å²) in [5.74, 6) is -5.25. The molecule has 1 aliphatic carbocycles. The van der Waals surface area contributed by atoms with E-state index >= 15 is 0 Å². The molecular weight excluding hydrogens is 560 g/mol. The Hall–Kier alpha value is -2.71. The maximum atomic E-state index is 14.5. The number of hydrogen-bond acceptors (Lipinski definition) is 6. The highest BCUT2D eigenvalue weighted by Crippen LogP contribution is 2.43. The Bertz CT molecular complexity index is 1170. The molecule has 40 heavy (non-hydrogen) atoms. The van der Waals surface area contributed by atoms with Crippen LogP contribution in [0.15, 0.2) is 11.2 Å². The van der Waals surface area contributed by atoms with Gasteiger partial charge in [0.1, 0.15) is 12.1 Å². The standard InChI is InChI=1S/C25H36F4N4O6S/c1-24(2,3)19(32-23(37)25(27,28)29)22(36)33-12-14-6-5-7-16(14)18(33)21(35)31-15(11-17(26)40(4,38)39)10-13-8-9-30-20(13)34/h11,13-16,18-19H,5-10,12H2,1-4H3,(H,30,34)(H,31,35)(H,32,37)/b17-11-/t13-,14-,15+,16-,18-,19+/m1/s1. The van der Waals surface area contributed by atoms with Crippen molar-refractivity contribution in [3.8, 4) is 0 Å². The monoisotopic (exact) mass is 596 g/mol. The van der Waals surface area contributed by atoms with Gasteiger partial charge in [-0.1, -0.05) is 27.2 Å². The summed E-state index contributed by atoms with van der Waals surface area (Å²) in [7, 11) is -4.24. The lowest BCUT2D eigenvalue weighted by Crippen LogP contribution is -2.60. The van der Waals surface area contributed by atoms with Crippen molar-refractivity contribution in [2.24, 2.45) is 23.2 Å². The van der Waals surface area contributed by atoms with Gasteiger partial charge in [-0.3, -0.25) is 19.2 Å². The molecule has 1 saturated carbocycles. The van der Waals surface area contributed by atoms with Gasteiger partial charge in [0, 0.05) is 25.3 Å². The van der Waals surface area contributed by atoms with E-state index in [0.29, 0.717) is 38.1 Å². The summed E-state index contributed by atoms with van der Waals surface area (Å²) in [6.07, 6.45) is -1.55. The van der Waals surface area contributed by atoms with Gasteiger partial charge in [-0.2, -0.15) is 17.6 Å².